The number of halogens is 2. The van der Waals surface area contributed by atoms with Gasteiger partial charge in [-0.3, -0.25) is 4.79 Å². The lowest BCUT2D eigenvalue weighted by Crippen LogP contribution is -2.26. The highest BCUT2D eigenvalue weighted by Crippen LogP contribution is 2.26. The van der Waals surface area contributed by atoms with Gasteiger partial charge in [0.2, 0.25) is 0 Å². The Balaban J connectivity index is 2.16. The molecule has 0 aromatic heterocycles. The summed E-state index contributed by atoms with van der Waals surface area (Å²) in [7, 11) is 3.39. The predicted molar refractivity (Wildman–Crippen MR) is 90.6 cm³/mol. The van der Waals surface area contributed by atoms with Crippen LogP contribution in [0.3, 0.4) is 0 Å². The van der Waals surface area contributed by atoms with Crippen LogP contribution in [0.1, 0.15) is 15.9 Å². The molecule has 3 nitrogen and oxygen atoms in total. The first-order valence-corrected chi connectivity index (χ1v) is 7.94. The number of methoxy groups -OCH3 is 1. The van der Waals surface area contributed by atoms with Crippen LogP contribution in [-0.4, -0.2) is 25.0 Å². The maximum atomic E-state index is 12.5. The highest BCUT2D eigenvalue weighted by Gasteiger charge is 2.14. The SMILES string of the molecule is COc1ccc(C(=O)N(C)Cc2ccccc2Br)cc1Br. The van der Waals surface area contributed by atoms with Gasteiger partial charge in [0.25, 0.3) is 5.91 Å². The molecule has 0 radical (unpaired) electrons. The van der Waals surface area contributed by atoms with Gasteiger partial charge in [0.1, 0.15) is 5.75 Å². The van der Waals surface area contributed by atoms with E-state index in [2.05, 4.69) is 31.9 Å². The van der Waals surface area contributed by atoms with Crippen molar-refractivity contribution in [1.82, 2.24) is 4.90 Å². The van der Waals surface area contributed by atoms with Gasteiger partial charge >= 0.3 is 0 Å². The fraction of sp³-hybridized carbons (Fsp3) is 0.188. The lowest BCUT2D eigenvalue weighted by atomic mass is 10.1. The first kappa shape index (κ1) is 16.0. The van der Waals surface area contributed by atoms with E-state index in [4.69, 9.17) is 4.74 Å². The fourth-order valence-electron chi connectivity index (χ4n) is 1.97. The second-order valence-electron chi connectivity index (χ2n) is 4.60. The largest absolute Gasteiger partial charge is 0.496 e. The van der Waals surface area contributed by atoms with Gasteiger partial charge in [-0.2, -0.15) is 0 Å². The highest BCUT2D eigenvalue weighted by molar-refractivity contribution is 9.10. The molecule has 0 unspecified atom stereocenters. The topological polar surface area (TPSA) is 29.5 Å². The Morgan fingerprint density at radius 1 is 1.14 bits per heavy atom. The minimum Gasteiger partial charge on any atom is -0.496 e. The Morgan fingerprint density at radius 3 is 2.48 bits per heavy atom. The number of benzene rings is 2. The van der Waals surface area contributed by atoms with E-state index in [0.717, 1.165) is 14.5 Å². The Bertz CT molecular complexity index is 658. The molecule has 0 aliphatic carbocycles. The van der Waals surface area contributed by atoms with Crippen LogP contribution in [0.2, 0.25) is 0 Å². The maximum absolute atomic E-state index is 12.5. The third-order valence-electron chi connectivity index (χ3n) is 3.11. The number of nitrogens with zero attached hydrogens (tertiary/aromatic N) is 1. The Labute approximate surface area is 141 Å². The molecule has 2 aromatic carbocycles. The first-order chi connectivity index (χ1) is 10.0. The van der Waals surface area contributed by atoms with Gasteiger partial charge in [0.05, 0.1) is 11.6 Å². The lowest BCUT2D eigenvalue weighted by molar-refractivity contribution is 0.0784. The van der Waals surface area contributed by atoms with Crippen LogP contribution in [0.15, 0.2) is 51.4 Å². The molecule has 5 heteroatoms. The van der Waals surface area contributed by atoms with E-state index in [-0.39, 0.29) is 5.91 Å². The van der Waals surface area contributed by atoms with Gasteiger partial charge in [0.15, 0.2) is 0 Å². The van der Waals surface area contributed by atoms with Crippen molar-refractivity contribution in [3.63, 3.8) is 0 Å². The fourth-order valence-corrected chi connectivity index (χ4v) is 2.92. The molecule has 1 amide bonds. The lowest BCUT2D eigenvalue weighted by Gasteiger charge is -2.18. The van der Waals surface area contributed by atoms with E-state index >= 15 is 0 Å². The van der Waals surface area contributed by atoms with E-state index < -0.39 is 0 Å². The highest BCUT2D eigenvalue weighted by atomic mass is 79.9. The number of carbonyl (C=O) groups excluding carboxylic acids is 1. The van der Waals surface area contributed by atoms with Crippen molar-refractivity contribution < 1.29 is 9.53 Å². The quantitative estimate of drug-likeness (QED) is 0.740. The number of rotatable bonds is 4. The first-order valence-electron chi connectivity index (χ1n) is 6.35. The number of carbonyl (C=O) groups is 1. The molecule has 0 aliphatic rings. The second-order valence-corrected chi connectivity index (χ2v) is 6.31. The summed E-state index contributed by atoms with van der Waals surface area (Å²) in [5, 5.41) is 0. The van der Waals surface area contributed by atoms with Gasteiger partial charge < -0.3 is 9.64 Å². The molecule has 21 heavy (non-hydrogen) atoms. The number of hydrogen-bond donors (Lipinski definition) is 0. The molecule has 0 saturated heterocycles. The normalized spacial score (nSPS) is 10.3. The van der Waals surface area contributed by atoms with Crippen molar-refractivity contribution in [3.8, 4) is 5.75 Å². The van der Waals surface area contributed by atoms with Crippen LogP contribution in [-0.2, 0) is 6.54 Å². The van der Waals surface area contributed by atoms with E-state index in [1.807, 2.05) is 24.3 Å². The second kappa shape index (κ2) is 7.09. The molecular formula is C16H15Br2NO2. The number of ether oxygens (including phenoxy) is 1. The molecule has 110 valence electrons. The number of amides is 1. The molecule has 0 fully saturated rings. The van der Waals surface area contributed by atoms with E-state index in [0.29, 0.717) is 17.9 Å². The molecule has 0 aliphatic heterocycles. The standard InChI is InChI=1S/C16H15Br2NO2/c1-19(10-12-5-3-4-6-13(12)17)16(20)11-7-8-15(21-2)14(18)9-11/h3-9H,10H2,1-2H3. The van der Waals surface area contributed by atoms with Crippen LogP contribution in [0.4, 0.5) is 0 Å². The molecule has 2 aromatic rings. The van der Waals surface area contributed by atoms with E-state index in [9.17, 15) is 4.79 Å². The average molecular weight is 413 g/mol. The van der Waals surface area contributed by atoms with Crippen molar-refractivity contribution in [3.05, 3.63) is 62.5 Å². The summed E-state index contributed by atoms with van der Waals surface area (Å²) in [5.41, 5.74) is 1.69. The summed E-state index contributed by atoms with van der Waals surface area (Å²) < 4.78 is 6.94. The maximum Gasteiger partial charge on any atom is 0.253 e. The van der Waals surface area contributed by atoms with Crippen molar-refractivity contribution in [2.45, 2.75) is 6.54 Å². The molecule has 0 atom stereocenters. The van der Waals surface area contributed by atoms with E-state index in [1.165, 1.54) is 0 Å². The van der Waals surface area contributed by atoms with Crippen LogP contribution in [0.5, 0.6) is 5.75 Å². The van der Waals surface area contributed by atoms with Crippen molar-refractivity contribution in [2.24, 2.45) is 0 Å². The van der Waals surface area contributed by atoms with Crippen LogP contribution in [0, 0.1) is 0 Å². The van der Waals surface area contributed by atoms with Crippen molar-refractivity contribution >= 4 is 37.8 Å². The monoisotopic (exact) mass is 411 g/mol. The average Bonchev–Trinajstić information content (AvgIpc) is 2.48. The summed E-state index contributed by atoms with van der Waals surface area (Å²) >= 11 is 6.90. The van der Waals surface area contributed by atoms with Crippen LogP contribution in [0.25, 0.3) is 0 Å². The minimum absolute atomic E-state index is 0.0332. The van der Waals surface area contributed by atoms with Gasteiger partial charge in [-0.1, -0.05) is 34.1 Å². The summed E-state index contributed by atoms with van der Waals surface area (Å²) in [6.45, 7) is 0.546. The Hall–Kier alpha value is -1.33. The van der Waals surface area contributed by atoms with Gasteiger partial charge in [0, 0.05) is 23.6 Å². The summed E-state index contributed by atoms with van der Waals surface area (Å²) in [6, 6.07) is 13.2. The Morgan fingerprint density at radius 2 is 1.86 bits per heavy atom. The van der Waals surface area contributed by atoms with Crippen LogP contribution >= 0.6 is 31.9 Å². The third kappa shape index (κ3) is 3.86. The minimum atomic E-state index is -0.0332. The summed E-state index contributed by atoms with van der Waals surface area (Å²) in [4.78, 5) is 14.1. The van der Waals surface area contributed by atoms with Crippen molar-refractivity contribution in [2.75, 3.05) is 14.2 Å². The molecule has 0 N–H and O–H groups in total. The molecule has 0 saturated carbocycles. The van der Waals surface area contributed by atoms with Crippen LogP contribution < -0.4 is 4.74 Å². The number of hydrogen-bond acceptors (Lipinski definition) is 2. The van der Waals surface area contributed by atoms with Gasteiger partial charge in [-0.05, 0) is 45.8 Å². The molecule has 0 bridgehead atoms. The molecule has 0 spiro atoms. The zero-order chi connectivity index (χ0) is 15.4. The molecular weight excluding hydrogens is 398 g/mol. The predicted octanol–water partition coefficient (Wildman–Crippen LogP) is 4.49. The summed E-state index contributed by atoms with van der Waals surface area (Å²) in [6.07, 6.45) is 0. The third-order valence-corrected chi connectivity index (χ3v) is 4.50. The van der Waals surface area contributed by atoms with E-state index in [1.54, 1.807) is 37.3 Å². The molecule has 2 rings (SSSR count). The smallest absolute Gasteiger partial charge is 0.253 e. The summed E-state index contributed by atoms with van der Waals surface area (Å²) in [5.74, 6) is 0.675. The zero-order valence-corrected chi connectivity index (χ0v) is 14.9. The molecule has 0 heterocycles. The zero-order valence-electron chi connectivity index (χ0n) is 11.8. The van der Waals surface area contributed by atoms with Gasteiger partial charge in [-0.15, -0.1) is 0 Å². The van der Waals surface area contributed by atoms with Crippen molar-refractivity contribution in [1.29, 1.82) is 0 Å². The Kier molecular flexibility index (Phi) is 5.42. The van der Waals surface area contributed by atoms with Gasteiger partial charge in [-0.25, -0.2) is 0 Å².